The monoisotopic (exact) mass is 398 g/mol. The summed E-state index contributed by atoms with van der Waals surface area (Å²) in [6.45, 7) is 9.76. The Kier molecular flexibility index (Phi) is 5.65. The minimum Gasteiger partial charge on any atom is -0.381 e. The van der Waals surface area contributed by atoms with Crippen molar-refractivity contribution in [3.8, 4) is 5.95 Å². The van der Waals surface area contributed by atoms with E-state index in [1.165, 1.54) is 6.42 Å². The molecule has 2 aliphatic heterocycles. The van der Waals surface area contributed by atoms with E-state index in [4.69, 9.17) is 4.74 Å². The number of anilines is 1. The van der Waals surface area contributed by atoms with Crippen LogP contribution in [-0.4, -0.2) is 63.4 Å². The molecule has 2 saturated heterocycles. The van der Waals surface area contributed by atoms with Crippen molar-refractivity contribution in [2.75, 3.05) is 38.2 Å². The molecule has 2 fully saturated rings. The summed E-state index contributed by atoms with van der Waals surface area (Å²) in [4.78, 5) is 24.0. The summed E-state index contributed by atoms with van der Waals surface area (Å²) in [5.74, 6) is 1.06. The lowest BCUT2D eigenvalue weighted by atomic mass is 9.74. The average molecular weight is 399 g/mol. The molecule has 2 aromatic heterocycles. The van der Waals surface area contributed by atoms with Crippen molar-refractivity contribution in [1.29, 1.82) is 0 Å². The highest BCUT2D eigenvalue weighted by Crippen LogP contribution is 2.39. The Morgan fingerprint density at radius 1 is 1.10 bits per heavy atom. The normalized spacial score (nSPS) is 19.4. The van der Waals surface area contributed by atoms with Gasteiger partial charge in [-0.25, -0.2) is 9.97 Å². The number of rotatable bonds is 4. The quantitative estimate of drug-likeness (QED) is 0.851. The molecule has 0 saturated carbocycles. The molecule has 0 radical (unpaired) electrons. The molecule has 8 nitrogen and oxygen atoms in total. The number of amides is 1. The molecule has 1 N–H and O–H groups in total. The third-order valence-corrected chi connectivity index (χ3v) is 5.92. The molecule has 0 aromatic carbocycles. The van der Waals surface area contributed by atoms with Crippen LogP contribution < -0.4 is 5.32 Å². The van der Waals surface area contributed by atoms with Crippen LogP contribution in [0.5, 0.6) is 0 Å². The number of aromatic nitrogens is 4. The zero-order valence-corrected chi connectivity index (χ0v) is 17.6. The first-order valence-electron chi connectivity index (χ1n) is 10.4. The lowest BCUT2D eigenvalue weighted by Crippen LogP contribution is -2.48. The van der Waals surface area contributed by atoms with E-state index in [-0.39, 0.29) is 5.91 Å². The van der Waals surface area contributed by atoms with Crippen molar-refractivity contribution in [1.82, 2.24) is 24.6 Å². The van der Waals surface area contributed by atoms with Crippen LogP contribution in [0, 0.1) is 26.2 Å². The predicted octanol–water partition coefficient (Wildman–Crippen LogP) is 2.42. The molecule has 29 heavy (non-hydrogen) atoms. The third kappa shape index (κ3) is 4.64. The number of hydrogen-bond acceptors (Lipinski definition) is 6. The molecular weight excluding hydrogens is 368 g/mol. The molecule has 0 aliphatic carbocycles. The molecule has 2 aromatic rings. The molecule has 0 unspecified atom stereocenters. The van der Waals surface area contributed by atoms with E-state index in [0.717, 1.165) is 62.6 Å². The first-order valence-corrected chi connectivity index (χ1v) is 10.4. The first kappa shape index (κ1) is 20.0. The maximum atomic E-state index is 12.8. The van der Waals surface area contributed by atoms with Gasteiger partial charge in [-0.05, 0) is 64.5 Å². The van der Waals surface area contributed by atoms with Crippen molar-refractivity contribution in [3.05, 3.63) is 29.2 Å². The van der Waals surface area contributed by atoms with E-state index in [1.807, 2.05) is 32.9 Å². The molecule has 156 valence electrons. The van der Waals surface area contributed by atoms with Crippen molar-refractivity contribution >= 4 is 11.7 Å². The number of piperidine rings is 1. The van der Waals surface area contributed by atoms with Crippen LogP contribution in [-0.2, 0) is 9.53 Å². The molecule has 4 heterocycles. The standard InChI is InChI=1S/C21H30N6O2/c1-15-11-16(2)23-20(22-15)27-18(12-17(3)25-27)24-19(28)13-26-8-4-5-21(14-26)6-9-29-10-7-21/h11-12H,4-10,13-14H2,1-3H3,(H,24,28). The number of carbonyl (C=O) groups excluding carboxylic acids is 1. The van der Waals surface area contributed by atoms with E-state index >= 15 is 0 Å². The fourth-order valence-corrected chi connectivity index (χ4v) is 4.59. The number of carbonyl (C=O) groups is 1. The Balaban J connectivity index is 1.45. The molecule has 2 aliphatic rings. The van der Waals surface area contributed by atoms with Crippen LogP contribution in [0.15, 0.2) is 12.1 Å². The lowest BCUT2D eigenvalue weighted by Gasteiger charge is -2.44. The zero-order valence-electron chi connectivity index (χ0n) is 17.6. The van der Waals surface area contributed by atoms with Gasteiger partial charge in [0.1, 0.15) is 5.82 Å². The van der Waals surface area contributed by atoms with Gasteiger partial charge in [0, 0.05) is 37.2 Å². The van der Waals surface area contributed by atoms with Crippen molar-refractivity contribution in [2.45, 2.75) is 46.5 Å². The Morgan fingerprint density at radius 3 is 2.55 bits per heavy atom. The Morgan fingerprint density at radius 2 is 1.83 bits per heavy atom. The fourth-order valence-electron chi connectivity index (χ4n) is 4.59. The van der Waals surface area contributed by atoms with Crippen molar-refractivity contribution < 1.29 is 9.53 Å². The average Bonchev–Trinajstić information content (AvgIpc) is 3.01. The number of nitrogens with one attached hydrogen (secondary N) is 1. The fraction of sp³-hybridized carbons (Fsp3) is 0.619. The second-order valence-electron chi connectivity index (χ2n) is 8.51. The van der Waals surface area contributed by atoms with Gasteiger partial charge in [-0.2, -0.15) is 9.78 Å². The number of ether oxygens (including phenoxy) is 1. The summed E-state index contributed by atoms with van der Waals surface area (Å²) < 4.78 is 7.16. The van der Waals surface area contributed by atoms with E-state index in [9.17, 15) is 4.79 Å². The number of likely N-dealkylation sites (tertiary alicyclic amines) is 1. The van der Waals surface area contributed by atoms with Gasteiger partial charge in [0.25, 0.3) is 5.95 Å². The molecule has 0 atom stereocenters. The highest BCUT2D eigenvalue weighted by atomic mass is 16.5. The summed E-state index contributed by atoms with van der Waals surface area (Å²) >= 11 is 0. The van der Waals surface area contributed by atoms with Gasteiger partial charge in [-0.15, -0.1) is 0 Å². The number of aryl methyl sites for hydroxylation is 3. The molecule has 4 rings (SSSR count). The minimum atomic E-state index is -0.0281. The van der Waals surface area contributed by atoms with Gasteiger partial charge in [-0.3, -0.25) is 9.69 Å². The maximum absolute atomic E-state index is 12.8. The van der Waals surface area contributed by atoms with E-state index in [1.54, 1.807) is 4.68 Å². The van der Waals surface area contributed by atoms with E-state index < -0.39 is 0 Å². The summed E-state index contributed by atoms with van der Waals surface area (Å²) in [6, 6.07) is 3.77. The molecule has 0 bridgehead atoms. The van der Waals surface area contributed by atoms with Gasteiger partial charge in [0.15, 0.2) is 0 Å². The maximum Gasteiger partial charge on any atom is 0.252 e. The smallest absolute Gasteiger partial charge is 0.252 e. The van der Waals surface area contributed by atoms with Gasteiger partial charge >= 0.3 is 0 Å². The third-order valence-electron chi connectivity index (χ3n) is 5.92. The SMILES string of the molecule is Cc1cc(C)nc(-n2nc(C)cc2NC(=O)CN2CCCC3(CCOCC3)C2)n1. The molecule has 1 spiro atoms. The van der Waals surface area contributed by atoms with Crippen molar-refractivity contribution in [3.63, 3.8) is 0 Å². The summed E-state index contributed by atoms with van der Waals surface area (Å²) in [7, 11) is 0. The summed E-state index contributed by atoms with van der Waals surface area (Å²) in [6.07, 6.45) is 4.58. The summed E-state index contributed by atoms with van der Waals surface area (Å²) in [5, 5.41) is 7.50. The van der Waals surface area contributed by atoms with Crippen LogP contribution in [0.4, 0.5) is 5.82 Å². The number of nitrogens with zero attached hydrogens (tertiary/aromatic N) is 5. The second-order valence-corrected chi connectivity index (χ2v) is 8.51. The highest BCUT2D eigenvalue weighted by molar-refractivity contribution is 5.91. The second kappa shape index (κ2) is 8.20. The Bertz CT molecular complexity index is 862. The Hall–Kier alpha value is -2.32. The van der Waals surface area contributed by atoms with Gasteiger partial charge in [0.05, 0.1) is 12.2 Å². The molecule has 8 heteroatoms. The summed E-state index contributed by atoms with van der Waals surface area (Å²) in [5.41, 5.74) is 2.87. The van der Waals surface area contributed by atoms with E-state index in [2.05, 4.69) is 25.3 Å². The van der Waals surface area contributed by atoms with Crippen LogP contribution in [0.3, 0.4) is 0 Å². The zero-order chi connectivity index (χ0) is 20.4. The van der Waals surface area contributed by atoms with Crippen molar-refractivity contribution in [2.24, 2.45) is 5.41 Å². The molecule has 1 amide bonds. The number of hydrogen-bond donors (Lipinski definition) is 1. The van der Waals surface area contributed by atoms with Gasteiger partial charge in [-0.1, -0.05) is 0 Å². The predicted molar refractivity (Wildman–Crippen MR) is 110 cm³/mol. The first-order chi connectivity index (χ1) is 13.9. The lowest BCUT2D eigenvalue weighted by molar-refractivity contribution is -0.118. The highest BCUT2D eigenvalue weighted by Gasteiger charge is 2.37. The van der Waals surface area contributed by atoms with Crippen LogP contribution in [0.25, 0.3) is 5.95 Å². The van der Waals surface area contributed by atoms with E-state index in [0.29, 0.717) is 23.7 Å². The largest absolute Gasteiger partial charge is 0.381 e. The Labute approximate surface area is 171 Å². The van der Waals surface area contributed by atoms with Gasteiger partial charge < -0.3 is 10.1 Å². The minimum absolute atomic E-state index is 0.0281. The topological polar surface area (TPSA) is 85.2 Å². The van der Waals surface area contributed by atoms with Gasteiger partial charge in [0.2, 0.25) is 5.91 Å². The van der Waals surface area contributed by atoms with Crippen LogP contribution >= 0.6 is 0 Å². The van der Waals surface area contributed by atoms with Crippen LogP contribution in [0.2, 0.25) is 0 Å². The van der Waals surface area contributed by atoms with Crippen LogP contribution in [0.1, 0.15) is 42.8 Å². The molecular formula is C21H30N6O2.